The summed E-state index contributed by atoms with van der Waals surface area (Å²) < 4.78 is 0. The highest BCUT2D eigenvalue weighted by atomic mass is 32.2. The minimum absolute atomic E-state index is 0.248. The Kier molecular flexibility index (Phi) is 4.90. The van der Waals surface area contributed by atoms with Crippen LogP contribution < -0.4 is 5.73 Å². The van der Waals surface area contributed by atoms with E-state index >= 15 is 0 Å². The molecule has 1 saturated heterocycles. The number of piperazine rings is 1. The number of hydrogen-bond donors (Lipinski definition) is 1. The van der Waals surface area contributed by atoms with Gasteiger partial charge in [0, 0.05) is 37.5 Å². The Morgan fingerprint density at radius 3 is 2.26 bits per heavy atom. The summed E-state index contributed by atoms with van der Waals surface area (Å²) in [4.78, 5) is 6.08. The molecule has 1 aromatic rings. The summed E-state index contributed by atoms with van der Waals surface area (Å²) in [6, 6.07) is 8.76. The van der Waals surface area contributed by atoms with Crippen LogP contribution in [-0.2, 0) is 6.42 Å². The van der Waals surface area contributed by atoms with Gasteiger partial charge < -0.3 is 10.6 Å². The van der Waals surface area contributed by atoms with Gasteiger partial charge in [-0.05, 0) is 37.9 Å². The summed E-state index contributed by atoms with van der Waals surface area (Å²) in [6.45, 7) is 6.50. The van der Waals surface area contributed by atoms with Crippen LogP contribution in [0.15, 0.2) is 29.2 Å². The maximum absolute atomic E-state index is 6.54. The molecule has 1 heterocycles. The van der Waals surface area contributed by atoms with Gasteiger partial charge in [-0.2, -0.15) is 0 Å². The van der Waals surface area contributed by atoms with E-state index in [0.717, 1.165) is 32.6 Å². The van der Waals surface area contributed by atoms with Crippen molar-refractivity contribution in [2.75, 3.05) is 39.5 Å². The zero-order chi connectivity index (χ0) is 13.9. The standard InChI is InChI=1S/C15H25N3S/c1-15(16,18-10-8-17(2)9-11-18)12-13-4-6-14(19-3)7-5-13/h4-7H,8-12,16H2,1-3H3. The van der Waals surface area contributed by atoms with Crippen LogP contribution in [0.2, 0.25) is 0 Å². The molecule has 1 aliphatic rings. The van der Waals surface area contributed by atoms with Crippen molar-refractivity contribution in [3.05, 3.63) is 29.8 Å². The van der Waals surface area contributed by atoms with E-state index < -0.39 is 0 Å². The maximum atomic E-state index is 6.54. The fourth-order valence-corrected chi connectivity index (χ4v) is 2.99. The Labute approximate surface area is 121 Å². The van der Waals surface area contributed by atoms with E-state index in [1.54, 1.807) is 11.8 Å². The molecule has 3 nitrogen and oxygen atoms in total. The van der Waals surface area contributed by atoms with Gasteiger partial charge in [-0.25, -0.2) is 0 Å². The highest BCUT2D eigenvalue weighted by Crippen LogP contribution is 2.20. The molecule has 0 amide bonds. The van der Waals surface area contributed by atoms with Gasteiger partial charge in [0.2, 0.25) is 0 Å². The van der Waals surface area contributed by atoms with Crippen LogP contribution in [0.1, 0.15) is 12.5 Å². The second-order valence-electron chi connectivity index (χ2n) is 5.67. The Bertz CT molecular complexity index is 394. The predicted octanol–water partition coefficient (Wildman–Crippen LogP) is 1.87. The Hall–Kier alpha value is -0.550. The summed E-state index contributed by atoms with van der Waals surface area (Å²) in [6.07, 6.45) is 3.01. The van der Waals surface area contributed by atoms with Crippen molar-refractivity contribution in [3.8, 4) is 0 Å². The summed E-state index contributed by atoms with van der Waals surface area (Å²) in [5.74, 6) is 0. The normalized spacial score (nSPS) is 21.3. The van der Waals surface area contributed by atoms with Crippen molar-refractivity contribution in [3.63, 3.8) is 0 Å². The van der Waals surface area contributed by atoms with E-state index in [0.29, 0.717) is 0 Å². The number of likely N-dealkylation sites (N-methyl/N-ethyl adjacent to an activating group) is 1. The summed E-state index contributed by atoms with van der Waals surface area (Å²) in [5.41, 5.74) is 7.61. The van der Waals surface area contributed by atoms with Gasteiger partial charge >= 0.3 is 0 Å². The van der Waals surface area contributed by atoms with Crippen molar-refractivity contribution in [1.82, 2.24) is 9.80 Å². The number of hydrogen-bond acceptors (Lipinski definition) is 4. The lowest BCUT2D eigenvalue weighted by Gasteiger charge is -2.43. The average molecular weight is 279 g/mol. The van der Waals surface area contributed by atoms with Crippen LogP contribution in [-0.4, -0.2) is 54.9 Å². The largest absolute Gasteiger partial charge is 0.313 e. The van der Waals surface area contributed by atoms with Crippen LogP contribution >= 0.6 is 11.8 Å². The van der Waals surface area contributed by atoms with E-state index in [1.807, 2.05) is 0 Å². The van der Waals surface area contributed by atoms with E-state index in [1.165, 1.54) is 10.5 Å². The van der Waals surface area contributed by atoms with Crippen molar-refractivity contribution in [1.29, 1.82) is 0 Å². The quantitative estimate of drug-likeness (QED) is 0.853. The Balaban J connectivity index is 1.99. The molecule has 0 aliphatic carbocycles. The minimum Gasteiger partial charge on any atom is -0.313 e. The molecule has 0 aromatic heterocycles. The fraction of sp³-hybridized carbons (Fsp3) is 0.600. The van der Waals surface area contributed by atoms with Gasteiger partial charge in [0.25, 0.3) is 0 Å². The molecule has 1 unspecified atom stereocenters. The molecule has 2 rings (SSSR count). The minimum atomic E-state index is -0.248. The molecule has 0 saturated carbocycles. The molecular formula is C15H25N3S. The molecule has 4 heteroatoms. The lowest BCUT2D eigenvalue weighted by molar-refractivity contribution is 0.0546. The van der Waals surface area contributed by atoms with Crippen molar-refractivity contribution in [2.45, 2.75) is 23.9 Å². The fourth-order valence-electron chi connectivity index (χ4n) is 2.59. The molecule has 0 radical (unpaired) electrons. The number of rotatable bonds is 4. The molecule has 19 heavy (non-hydrogen) atoms. The molecule has 1 aromatic carbocycles. The molecule has 1 atom stereocenters. The number of nitrogens with zero attached hydrogens (tertiary/aromatic N) is 2. The Morgan fingerprint density at radius 2 is 1.74 bits per heavy atom. The van der Waals surface area contributed by atoms with E-state index in [2.05, 4.69) is 54.3 Å². The van der Waals surface area contributed by atoms with Crippen molar-refractivity contribution >= 4 is 11.8 Å². The molecule has 1 aliphatic heterocycles. The van der Waals surface area contributed by atoms with Crippen molar-refractivity contribution < 1.29 is 0 Å². The van der Waals surface area contributed by atoms with Crippen molar-refractivity contribution in [2.24, 2.45) is 5.73 Å². The first-order chi connectivity index (χ1) is 9.01. The van der Waals surface area contributed by atoms with Crippen LogP contribution in [0.5, 0.6) is 0 Å². The molecule has 106 valence electrons. The van der Waals surface area contributed by atoms with E-state index in [4.69, 9.17) is 5.73 Å². The summed E-state index contributed by atoms with van der Waals surface area (Å²) in [5, 5.41) is 0. The van der Waals surface area contributed by atoms with E-state index in [9.17, 15) is 0 Å². The zero-order valence-corrected chi connectivity index (χ0v) is 13.0. The lowest BCUT2D eigenvalue weighted by Crippen LogP contribution is -2.60. The number of nitrogens with two attached hydrogens (primary N) is 1. The van der Waals surface area contributed by atoms with Gasteiger partial charge in [0.15, 0.2) is 0 Å². The van der Waals surface area contributed by atoms with Crippen LogP contribution in [0.3, 0.4) is 0 Å². The molecule has 0 spiro atoms. The summed E-state index contributed by atoms with van der Waals surface area (Å²) >= 11 is 1.78. The molecular weight excluding hydrogens is 254 g/mol. The van der Waals surface area contributed by atoms with Gasteiger partial charge in [0.1, 0.15) is 0 Å². The zero-order valence-electron chi connectivity index (χ0n) is 12.2. The Morgan fingerprint density at radius 1 is 1.16 bits per heavy atom. The average Bonchev–Trinajstić information content (AvgIpc) is 2.40. The second-order valence-corrected chi connectivity index (χ2v) is 6.55. The maximum Gasteiger partial charge on any atom is 0.0700 e. The SMILES string of the molecule is CSc1ccc(CC(C)(N)N2CCN(C)CC2)cc1. The molecule has 2 N–H and O–H groups in total. The van der Waals surface area contributed by atoms with Crippen LogP contribution in [0.25, 0.3) is 0 Å². The number of thioether (sulfide) groups is 1. The van der Waals surface area contributed by atoms with Crippen LogP contribution in [0.4, 0.5) is 0 Å². The summed E-state index contributed by atoms with van der Waals surface area (Å²) in [7, 11) is 2.17. The van der Waals surface area contributed by atoms with Gasteiger partial charge in [-0.3, -0.25) is 4.90 Å². The monoisotopic (exact) mass is 279 g/mol. The second kappa shape index (κ2) is 6.27. The predicted molar refractivity (Wildman–Crippen MR) is 83.6 cm³/mol. The van der Waals surface area contributed by atoms with Gasteiger partial charge in [-0.1, -0.05) is 12.1 Å². The first kappa shape index (κ1) is 14.9. The molecule has 0 bridgehead atoms. The van der Waals surface area contributed by atoms with Gasteiger partial charge in [-0.15, -0.1) is 11.8 Å². The van der Waals surface area contributed by atoms with Crippen LogP contribution in [0, 0.1) is 0 Å². The highest BCUT2D eigenvalue weighted by Gasteiger charge is 2.29. The number of benzene rings is 1. The third-order valence-electron chi connectivity index (χ3n) is 3.95. The first-order valence-corrected chi connectivity index (χ1v) is 8.09. The topological polar surface area (TPSA) is 32.5 Å². The molecule has 1 fully saturated rings. The highest BCUT2D eigenvalue weighted by molar-refractivity contribution is 7.98. The van der Waals surface area contributed by atoms with E-state index in [-0.39, 0.29) is 5.66 Å². The van der Waals surface area contributed by atoms with Gasteiger partial charge in [0.05, 0.1) is 5.66 Å². The smallest absolute Gasteiger partial charge is 0.0700 e. The lowest BCUT2D eigenvalue weighted by atomic mass is 9.99. The third kappa shape index (κ3) is 3.96. The first-order valence-electron chi connectivity index (χ1n) is 6.87. The third-order valence-corrected chi connectivity index (χ3v) is 4.69.